The van der Waals surface area contributed by atoms with Gasteiger partial charge in [0.2, 0.25) is 0 Å². The predicted molar refractivity (Wildman–Crippen MR) is 85.5 cm³/mol. The number of aryl methyl sites for hydroxylation is 1. The first-order valence-corrected chi connectivity index (χ1v) is 7.66. The van der Waals surface area contributed by atoms with Crippen LogP contribution in [-0.4, -0.2) is 28.0 Å². The van der Waals surface area contributed by atoms with E-state index in [4.69, 9.17) is 0 Å². The number of urea groups is 1. The molecule has 0 atom stereocenters. The van der Waals surface area contributed by atoms with Crippen LogP contribution in [0.4, 0.5) is 10.5 Å². The van der Waals surface area contributed by atoms with Crippen molar-refractivity contribution in [2.75, 3.05) is 5.32 Å². The second-order valence-corrected chi connectivity index (χ2v) is 6.68. The van der Waals surface area contributed by atoms with Crippen LogP contribution in [-0.2, 0) is 0 Å². The van der Waals surface area contributed by atoms with Gasteiger partial charge in [0, 0.05) is 17.8 Å². The lowest BCUT2D eigenvalue weighted by Gasteiger charge is -2.30. The Morgan fingerprint density at radius 3 is 2.50 bits per heavy atom. The van der Waals surface area contributed by atoms with Crippen LogP contribution in [0.1, 0.15) is 32.7 Å². The SMILES string of the molecule is Cc1nc2cc(NC(=O)N(C(C)C)C(C)C)ccc2s1. The minimum absolute atomic E-state index is 0.0682. The fourth-order valence-electron chi connectivity index (χ4n) is 2.37. The van der Waals surface area contributed by atoms with Crippen LogP contribution < -0.4 is 5.32 Å². The highest BCUT2D eigenvalue weighted by Gasteiger charge is 2.20. The molecule has 0 fully saturated rings. The Kier molecular flexibility index (Phi) is 4.28. The molecule has 0 radical (unpaired) electrons. The van der Waals surface area contributed by atoms with Crippen molar-refractivity contribution in [3.63, 3.8) is 0 Å². The largest absolute Gasteiger partial charge is 0.322 e. The van der Waals surface area contributed by atoms with Crippen LogP contribution in [0.25, 0.3) is 10.2 Å². The van der Waals surface area contributed by atoms with Gasteiger partial charge in [-0.3, -0.25) is 0 Å². The standard InChI is InChI=1S/C15H21N3OS/c1-9(2)18(10(3)4)15(19)17-12-6-7-14-13(8-12)16-11(5)20-14/h6-10H,1-5H3,(H,17,19). The summed E-state index contributed by atoms with van der Waals surface area (Å²) in [4.78, 5) is 18.6. The average Bonchev–Trinajstić information content (AvgIpc) is 2.67. The van der Waals surface area contributed by atoms with Crippen molar-refractivity contribution in [3.8, 4) is 0 Å². The lowest BCUT2D eigenvalue weighted by molar-refractivity contribution is 0.178. The maximum atomic E-state index is 12.3. The first-order valence-electron chi connectivity index (χ1n) is 6.85. The first kappa shape index (κ1) is 14.8. The smallest absolute Gasteiger partial charge is 0.320 e. The molecule has 1 heterocycles. The van der Waals surface area contributed by atoms with Gasteiger partial charge >= 0.3 is 6.03 Å². The molecule has 1 aromatic heterocycles. The van der Waals surface area contributed by atoms with Crippen LogP contribution in [0.3, 0.4) is 0 Å². The van der Waals surface area contributed by atoms with E-state index in [0.29, 0.717) is 0 Å². The molecule has 0 spiro atoms. The van der Waals surface area contributed by atoms with Crippen molar-refractivity contribution in [2.45, 2.75) is 46.7 Å². The topological polar surface area (TPSA) is 45.2 Å². The van der Waals surface area contributed by atoms with Crippen LogP contribution in [0, 0.1) is 6.92 Å². The Morgan fingerprint density at radius 2 is 1.90 bits per heavy atom. The van der Waals surface area contributed by atoms with Gasteiger partial charge in [0.1, 0.15) is 0 Å². The van der Waals surface area contributed by atoms with Crippen molar-refractivity contribution in [1.82, 2.24) is 9.88 Å². The van der Waals surface area contributed by atoms with Crippen LogP contribution in [0.2, 0.25) is 0 Å². The first-order chi connectivity index (χ1) is 9.38. The summed E-state index contributed by atoms with van der Waals surface area (Å²) in [7, 11) is 0. The highest BCUT2D eigenvalue weighted by molar-refractivity contribution is 7.18. The van der Waals surface area contributed by atoms with Gasteiger partial charge in [0.15, 0.2) is 0 Å². The Hall–Kier alpha value is -1.62. The number of carbonyl (C=O) groups excluding carboxylic acids is 1. The quantitative estimate of drug-likeness (QED) is 0.918. The lowest BCUT2D eigenvalue weighted by atomic mass is 10.2. The molecule has 0 bridgehead atoms. The summed E-state index contributed by atoms with van der Waals surface area (Å²) < 4.78 is 1.14. The fourth-order valence-corrected chi connectivity index (χ4v) is 3.18. The number of amides is 2. The zero-order valence-corrected chi connectivity index (χ0v) is 13.4. The third-order valence-electron chi connectivity index (χ3n) is 3.09. The summed E-state index contributed by atoms with van der Waals surface area (Å²) in [6, 6.07) is 6.12. The van der Waals surface area contributed by atoms with E-state index in [2.05, 4.69) is 10.3 Å². The molecule has 2 amide bonds. The molecule has 0 unspecified atom stereocenters. The maximum Gasteiger partial charge on any atom is 0.322 e. The minimum Gasteiger partial charge on any atom is -0.320 e. The third-order valence-corrected chi connectivity index (χ3v) is 4.04. The Balaban J connectivity index is 2.20. The molecular formula is C15H21N3OS. The van der Waals surface area contributed by atoms with E-state index in [0.717, 1.165) is 20.9 Å². The van der Waals surface area contributed by atoms with E-state index in [1.165, 1.54) is 0 Å². The molecule has 2 rings (SSSR count). The number of thiazole rings is 1. The number of rotatable bonds is 3. The number of hydrogen-bond acceptors (Lipinski definition) is 3. The summed E-state index contributed by atoms with van der Waals surface area (Å²) >= 11 is 1.66. The Labute approximate surface area is 123 Å². The van der Waals surface area contributed by atoms with E-state index >= 15 is 0 Å². The molecule has 108 valence electrons. The van der Waals surface area contributed by atoms with Crippen molar-refractivity contribution in [3.05, 3.63) is 23.2 Å². The number of fused-ring (bicyclic) bond motifs is 1. The van der Waals surface area contributed by atoms with E-state index in [1.54, 1.807) is 11.3 Å². The molecule has 0 aliphatic carbocycles. The average molecular weight is 291 g/mol. The second kappa shape index (κ2) is 5.79. The number of nitrogens with one attached hydrogen (secondary N) is 1. The van der Waals surface area contributed by atoms with Gasteiger partial charge in [-0.1, -0.05) is 0 Å². The van der Waals surface area contributed by atoms with Crippen molar-refractivity contribution in [1.29, 1.82) is 0 Å². The summed E-state index contributed by atoms with van der Waals surface area (Å²) in [6.07, 6.45) is 0. The number of benzene rings is 1. The molecule has 4 nitrogen and oxygen atoms in total. The summed E-state index contributed by atoms with van der Waals surface area (Å²) in [5.74, 6) is 0. The molecule has 0 saturated heterocycles. The Morgan fingerprint density at radius 1 is 1.25 bits per heavy atom. The molecule has 0 saturated carbocycles. The van der Waals surface area contributed by atoms with Crippen molar-refractivity contribution in [2.24, 2.45) is 0 Å². The van der Waals surface area contributed by atoms with Gasteiger partial charge < -0.3 is 10.2 Å². The molecule has 0 aliphatic heterocycles. The van der Waals surface area contributed by atoms with Crippen LogP contribution in [0.15, 0.2) is 18.2 Å². The van der Waals surface area contributed by atoms with E-state index in [1.807, 2.05) is 57.7 Å². The third kappa shape index (κ3) is 3.10. The van der Waals surface area contributed by atoms with Gasteiger partial charge in [-0.25, -0.2) is 9.78 Å². The van der Waals surface area contributed by atoms with E-state index in [-0.39, 0.29) is 18.1 Å². The maximum absolute atomic E-state index is 12.3. The number of aromatic nitrogens is 1. The summed E-state index contributed by atoms with van der Waals surface area (Å²) in [6.45, 7) is 10.1. The second-order valence-electron chi connectivity index (χ2n) is 5.44. The van der Waals surface area contributed by atoms with Crippen molar-refractivity contribution >= 4 is 33.3 Å². The van der Waals surface area contributed by atoms with Gasteiger partial charge in [-0.15, -0.1) is 11.3 Å². The van der Waals surface area contributed by atoms with Crippen LogP contribution in [0.5, 0.6) is 0 Å². The molecule has 5 heteroatoms. The highest BCUT2D eigenvalue weighted by Crippen LogP contribution is 2.24. The van der Waals surface area contributed by atoms with Gasteiger partial charge in [-0.05, 0) is 52.8 Å². The molecular weight excluding hydrogens is 270 g/mol. The highest BCUT2D eigenvalue weighted by atomic mass is 32.1. The Bertz CT molecular complexity index is 611. The normalized spacial score (nSPS) is 11.3. The van der Waals surface area contributed by atoms with Crippen molar-refractivity contribution < 1.29 is 4.79 Å². The monoisotopic (exact) mass is 291 g/mol. The zero-order chi connectivity index (χ0) is 14.9. The minimum atomic E-state index is -0.0682. The number of nitrogens with zero attached hydrogens (tertiary/aromatic N) is 2. The molecule has 1 N–H and O–H groups in total. The molecule has 1 aromatic carbocycles. The summed E-state index contributed by atoms with van der Waals surface area (Å²) in [5, 5.41) is 3.99. The molecule has 20 heavy (non-hydrogen) atoms. The van der Waals surface area contributed by atoms with Gasteiger partial charge in [0.25, 0.3) is 0 Å². The predicted octanol–water partition coefficient (Wildman–Crippen LogP) is 4.26. The number of carbonyl (C=O) groups is 1. The van der Waals surface area contributed by atoms with E-state index < -0.39 is 0 Å². The lowest BCUT2D eigenvalue weighted by Crippen LogP contribution is -2.44. The number of hydrogen-bond donors (Lipinski definition) is 1. The summed E-state index contributed by atoms with van der Waals surface area (Å²) in [5.41, 5.74) is 1.73. The van der Waals surface area contributed by atoms with E-state index in [9.17, 15) is 4.79 Å². The van der Waals surface area contributed by atoms with Gasteiger partial charge in [-0.2, -0.15) is 0 Å². The van der Waals surface area contributed by atoms with Gasteiger partial charge in [0.05, 0.1) is 15.2 Å². The molecule has 2 aromatic rings. The fraction of sp³-hybridized carbons (Fsp3) is 0.467. The number of anilines is 1. The zero-order valence-electron chi connectivity index (χ0n) is 12.6. The van der Waals surface area contributed by atoms with Crippen LogP contribution >= 0.6 is 11.3 Å². The molecule has 0 aliphatic rings.